The van der Waals surface area contributed by atoms with E-state index in [1.807, 2.05) is 13.8 Å². The van der Waals surface area contributed by atoms with Crippen molar-refractivity contribution in [1.29, 1.82) is 0 Å². The van der Waals surface area contributed by atoms with Crippen LogP contribution in [0.5, 0.6) is 0 Å². The second-order valence-corrected chi connectivity index (χ2v) is 6.68. The van der Waals surface area contributed by atoms with Crippen molar-refractivity contribution in [2.45, 2.75) is 26.3 Å². The van der Waals surface area contributed by atoms with Gasteiger partial charge in [0.1, 0.15) is 10.4 Å². The van der Waals surface area contributed by atoms with E-state index in [1.54, 1.807) is 30.6 Å². The summed E-state index contributed by atoms with van der Waals surface area (Å²) in [5, 5.41) is 9.46. The van der Waals surface area contributed by atoms with Crippen molar-refractivity contribution in [2.75, 3.05) is 0 Å². The third kappa shape index (κ3) is 3.36. The van der Waals surface area contributed by atoms with Crippen molar-refractivity contribution in [3.05, 3.63) is 35.0 Å². The smallest absolute Gasteiger partial charge is 0.327 e. The number of thioether (sulfide) groups is 1. The monoisotopic (exact) mass is 336 g/mol. The van der Waals surface area contributed by atoms with Crippen LogP contribution in [-0.4, -0.2) is 37.2 Å². The van der Waals surface area contributed by atoms with Crippen molar-refractivity contribution < 1.29 is 14.7 Å². The summed E-state index contributed by atoms with van der Waals surface area (Å²) in [7, 11) is 0. The first kappa shape index (κ1) is 16.6. The number of rotatable bonds is 5. The Morgan fingerprint density at radius 3 is 2.68 bits per heavy atom. The van der Waals surface area contributed by atoms with Crippen molar-refractivity contribution in [1.82, 2.24) is 9.88 Å². The molecule has 1 aliphatic rings. The largest absolute Gasteiger partial charge is 0.480 e. The number of hydrogen-bond acceptors (Lipinski definition) is 5. The molecule has 0 aromatic carbocycles. The number of pyridine rings is 1. The lowest BCUT2D eigenvalue weighted by Crippen LogP contribution is -2.47. The maximum Gasteiger partial charge on any atom is 0.327 e. The van der Waals surface area contributed by atoms with Gasteiger partial charge in [0, 0.05) is 12.4 Å². The average Bonchev–Trinajstić information content (AvgIpc) is 2.76. The van der Waals surface area contributed by atoms with Crippen molar-refractivity contribution in [2.24, 2.45) is 5.92 Å². The van der Waals surface area contributed by atoms with Gasteiger partial charge in [0.2, 0.25) is 0 Å². The van der Waals surface area contributed by atoms with Gasteiger partial charge in [-0.2, -0.15) is 0 Å². The van der Waals surface area contributed by atoms with E-state index in [0.29, 0.717) is 11.3 Å². The Balaban J connectivity index is 2.32. The van der Waals surface area contributed by atoms with E-state index in [2.05, 4.69) is 4.98 Å². The summed E-state index contributed by atoms with van der Waals surface area (Å²) in [4.78, 5) is 29.7. The summed E-state index contributed by atoms with van der Waals surface area (Å²) >= 11 is 6.36. The van der Waals surface area contributed by atoms with Gasteiger partial charge in [0.25, 0.3) is 5.91 Å². The molecule has 0 radical (unpaired) electrons. The minimum atomic E-state index is -1.03. The average molecular weight is 336 g/mol. The molecule has 2 atom stereocenters. The van der Waals surface area contributed by atoms with Crippen molar-refractivity contribution >= 4 is 46.3 Å². The summed E-state index contributed by atoms with van der Waals surface area (Å²) in [6.45, 7) is 3.70. The summed E-state index contributed by atoms with van der Waals surface area (Å²) in [5.74, 6) is -1.56. The van der Waals surface area contributed by atoms with Crippen LogP contribution in [0, 0.1) is 5.92 Å². The first-order valence-electron chi connectivity index (χ1n) is 6.85. The second kappa shape index (κ2) is 7.02. The van der Waals surface area contributed by atoms with E-state index < -0.39 is 12.0 Å². The highest BCUT2D eigenvalue weighted by molar-refractivity contribution is 8.26. The fourth-order valence-corrected chi connectivity index (χ4v) is 3.49. The van der Waals surface area contributed by atoms with E-state index >= 15 is 0 Å². The fraction of sp³-hybridized carbons (Fsp3) is 0.333. The maximum absolute atomic E-state index is 12.6. The SMILES string of the molecule is CCC(C)C(C(=O)O)N1C(=O)/C(=C/c2ccncc2)SC1=S. The topological polar surface area (TPSA) is 70.5 Å². The Kier molecular flexibility index (Phi) is 5.31. The predicted octanol–water partition coefficient (Wildman–Crippen LogP) is 2.78. The molecular formula is C15H16N2O3S2. The summed E-state index contributed by atoms with van der Waals surface area (Å²) in [6, 6.07) is 2.62. The first-order chi connectivity index (χ1) is 10.5. The third-order valence-corrected chi connectivity index (χ3v) is 4.87. The number of amides is 1. The van der Waals surface area contributed by atoms with Gasteiger partial charge in [-0.15, -0.1) is 0 Å². The molecule has 0 saturated carbocycles. The van der Waals surface area contributed by atoms with E-state index in [-0.39, 0.29) is 16.1 Å². The van der Waals surface area contributed by atoms with Crippen LogP contribution in [0.1, 0.15) is 25.8 Å². The molecule has 2 heterocycles. The Hall–Kier alpha value is -1.73. The number of carbonyl (C=O) groups is 2. The third-order valence-electron chi connectivity index (χ3n) is 3.54. The predicted molar refractivity (Wildman–Crippen MR) is 90.1 cm³/mol. The lowest BCUT2D eigenvalue weighted by Gasteiger charge is -2.27. The maximum atomic E-state index is 12.6. The molecule has 7 heteroatoms. The first-order valence-corrected chi connectivity index (χ1v) is 8.08. The molecule has 1 aromatic heterocycles. The molecule has 1 aliphatic heterocycles. The van der Waals surface area contributed by atoms with Crippen LogP contribution in [0.15, 0.2) is 29.4 Å². The standard InChI is InChI=1S/C15H16N2O3S2/c1-3-9(2)12(14(19)20)17-13(18)11(22-15(17)21)8-10-4-6-16-7-5-10/h4-9,12H,3H2,1-2H3,(H,19,20)/b11-8-. The lowest BCUT2D eigenvalue weighted by molar-refractivity contribution is -0.147. The molecule has 2 unspecified atom stereocenters. The van der Waals surface area contributed by atoms with Gasteiger partial charge < -0.3 is 5.11 Å². The van der Waals surface area contributed by atoms with Crippen LogP contribution >= 0.6 is 24.0 Å². The number of carboxylic acid groups (broad SMARTS) is 1. The van der Waals surface area contributed by atoms with E-state index in [1.165, 1.54) is 4.90 Å². The van der Waals surface area contributed by atoms with Gasteiger partial charge in [-0.05, 0) is 29.7 Å². The van der Waals surface area contributed by atoms with Crippen LogP contribution in [0.4, 0.5) is 0 Å². The Morgan fingerprint density at radius 2 is 2.14 bits per heavy atom. The molecular weight excluding hydrogens is 320 g/mol. The zero-order chi connectivity index (χ0) is 16.3. The molecule has 0 bridgehead atoms. The molecule has 2 rings (SSSR count). The number of nitrogens with zero attached hydrogens (tertiary/aromatic N) is 2. The highest BCUT2D eigenvalue weighted by Gasteiger charge is 2.42. The molecule has 1 amide bonds. The van der Waals surface area contributed by atoms with Crippen molar-refractivity contribution in [3.63, 3.8) is 0 Å². The fourth-order valence-electron chi connectivity index (χ4n) is 2.16. The normalized spacial score (nSPS) is 19.5. The zero-order valence-corrected chi connectivity index (χ0v) is 13.9. The van der Waals surface area contributed by atoms with Gasteiger partial charge in [-0.1, -0.05) is 44.2 Å². The molecule has 116 valence electrons. The van der Waals surface area contributed by atoms with Gasteiger partial charge in [-0.25, -0.2) is 4.79 Å². The van der Waals surface area contributed by atoms with Gasteiger partial charge in [0.05, 0.1) is 4.91 Å². The van der Waals surface area contributed by atoms with Crippen LogP contribution < -0.4 is 0 Å². The quantitative estimate of drug-likeness (QED) is 0.658. The highest BCUT2D eigenvalue weighted by Crippen LogP contribution is 2.35. The van der Waals surface area contributed by atoms with Gasteiger partial charge in [0.15, 0.2) is 0 Å². The number of aromatic nitrogens is 1. The number of carbonyl (C=O) groups excluding carboxylic acids is 1. The molecule has 1 saturated heterocycles. The number of hydrogen-bond donors (Lipinski definition) is 1. The Bertz CT molecular complexity index is 631. The summed E-state index contributed by atoms with van der Waals surface area (Å²) in [5.41, 5.74) is 0.825. The highest BCUT2D eigenvalue weighted by atomic mass is 32.2. The molecule has 0 aliphatic carbocycles. The van der Waals surface area contributed by atoms with Gasteiger partial charge in [-0.3, -0.25) is 14.7 Å². The van der Waals surface area contributed by atoms with Crippen LogP contribution in [0.2, 0.25) is 0 Å². The lowest BCUT2D eigenvalue weighted by atomic mass is 9.98. The van der Waals surface area contributed by atoms with Crippen LogP contribution in [-0.2, 0) is 9.59 Å². The minimum Gasteiger partial charge on any atom is -0.480 e. The molecule has 5 nitrogen and oxygen atoms in total. The van der Waals surface area contributed by atoms with Crippen LogP contribution in [0.3, 0.4) is 0 Å². The van der Waals surface area contributed by atoms with Gasteiger partial charge >= 0.3 is 5.97 Å². The molecule has 1 fully saturated rings. The Labute approximate surface area is 138 Å². The second-order valence-electron chi connectivity index (χ2n) is 5.00. The van der Waals surface area contributed by atoms with Crippen molar-refractivity contribution in [3.8, 4) is 0 Å². The zero-order valence-electron chi connectivity index (χ0n) is 12.2. The number of thiocarbonyl (C=S) groups is 1. The Morgan fingerprint density at radius 1 is 1.50 bits per heavy atom. The summed E-state index contributed by atoms with van der Waals surface area (Å²) in [6.07, 6.45) is 5.62. The molecule has 1 aromatic rings. The van der Waals surface area contributed by atoms with E-state index in [9.17, 15) is 14.7 Å². The van der Waals surface area contributed by atoms with E-state index in [0.717, 1.165) is 17.3 Å². The molecule has 22 heavy (non-hydrogen) atoms. The molecule has 1 N–H and O–H groups in total. The minimum absolute atomic E-state index is 0.180. The van der Waals surface area contributed by atoms with E-state index in [4.69, 9.17) is 12.2 Å². The molecule has 0 spiro atoms. The summed E-state index contributed by atoms with van der Waals surface area (Å²) < 4.78 is 0.290. The van der Waals surface area contributed by atoms with Crippen LogP contribution in [0.25, 0.3) is 6.08 Å². The number of carboxylic acids is 1. The number of aliphatic carboxylic acids is 1.